The van der Waals surface area contributed by atoms with Gasteiger partial charge in [0.15, 0.2) is 5.76 Å². The number of carbonyl (C=O) groups excluding carboxylic acids is 2. The molecule has 1 heterocycles. The lowest BCUT2D eigenvalue weighted by molar-refractivity contribution is -0.136. The zero-order chi connectivity index (χ0) is 13.4. The molecule has 4 nitrogen and oxygen atoms in total. The summed E-state index contributed by atoms with van der Waals surface area (Å²) in [4.78, 5) is 24.4. The van der Waals surface area contributed by atoms with Crippen molar-refractivity contribution in [2.75, 3.05) is 7.11 Å². The predicted molar refractivity (Wildman–Crippen MR) is 67.5 cm³/mol. The summed E-state index contributed by atoms with van der Waals surface area (Å²) in [5.74, 6) is -0.00137. The lowest BCUT2D eigenvalue weighted by atomic mass is 9.84. The van der Waals surface area contributed by atoms with Gasteiger partial charge in [0.25, 0.3) is 0 Å². The maximum atomic E-state index is 12.5. The van der Waals surface area contributed by atoms with Gasteiger partial charge < -0.3 is 9.15 Å². The monoisotopic (exact) mass is 260 g/mol. The Morgan fingerprint density at radius 2 is 2.21 bits per heavy atom. The molecule has 1 fully saturated rings. The van der Waals surface area contributed by atoms with Gasteiger partial charge in [0.2, 0.25) is 5.78 Å². The Morgan fingerprint density at radius 1 is 1.37 bits per heavy atom. The van der Waals surface area contributed by atoms with E-state index >= 15 is 0 Å². The molecule has 2 aliphatic rings. The normalized spacial score (nSPS) is 28.9. The molecule has 1 aromatic heterocycles. The molecule has 100 valence electrons. The highest BCUT2D eigenvalue weighted by atomic mass is 16.5. The van der Waals surface area contributed by atoms with E-state index in [0.717, 1.165) is 19.3 Å². The molecule has 0 bridgehead atoms. The molecular formula is C15H16O4. The summed E-state index contributed by atoms with van der Waals surface area (Å²) in [5.41, 5.74) is 0.513. The molecule has 0 saturated heterocycles. The van der Waals surface area contributed by atoms with Gasteiger partial charge in [-0.25, -0.2) is 4.79 Å². The van der Waals surface area contributed by atoms with Crippen molar-refractivity contribution in [2.24, 2.45) is 17.8 Å². The van der Waals surface area contributed by atoms with E-state index in [1.54, 1.807) is 12.1 Å². The van der Waals surface area contributed by atoms with Crippen molar-refractivity contribution in [1.82, 2.24) is 0 Å². The van der Waals surface area contributed by atoms with Gasteiger partial charge in [0, 0.05) is 5.57 Å². The number of rotatable bonds is 3. The van der Waals surface area contributed by atoms with Gasteiger partial charge in [0.1, 0.15) is 0 Å². The number of hydrogen-bond donors (Lipinski definition) is 0. The van der Waals surface area contributed by atoms with Crippen LogP contribution >= 0.6 is 0 Å². The van der Waals surface area contributed by atoms with E-state index in [-0.39, 0.29) is 17.7 Å². The lowest BCUT2D eigenvalue weighted by Crippen LogP contribution is -2.26. The second kappa shape index (κ2) is 4.68. The number of Topliss-reactive ketones (excluding diaryl/α,β-unsaturated/α-hetero) is 1. The van der Waals surface area contributed by atoms with Crippen LogP contribution in [-0.4, -0.2) is 18.9 Å². The van der Waals surface area contributed by atoms with Crippen molar-refractivity contribution in [3.05, 3.63) is 35.8 Å². The zero-order valence-corrected chi connectivity index (χ0v) is 10.8. The predicted octanol–water partition coefficient (Wildman–Crippen LogP) is 2.61. The first-order chi connectivity index (χ1) is 9.22. The fourth-order valence-corrected chi connectivity index (χ4v) is 3.42. The van der Waals surface area contributed by atoms with Gasteiger partial charge in [-0.15, -0.1) is 0 Å². The molecule has 0 spiro atoms. The van der Waals surface area contributed by atoms with Crippen LogP contribution in [-0.2, 0) is 9.53 Å². The van der Waals surface area contributed by atoms with Crippen molar-refractivity contribution >= 4 is 11.8 Å². The number of methoxy groups -OCH3 is 1. The van der Waals surface area contributed by atoms with Crippen molar-refractivity contribution in [1.29, 1.82) is 0 Å². The number of ketones is 1. The molecule has 19 heavy (non-hydrogen) atoms. The molecule has 0 radical (unpaired) electrons. The van der Waals surface area contributed by atoms with Crippen LogP contribution in [0.15, 0.2) is 34.5 Å². The molecule has 0 aliphatic heterocycles. The molecule has 1 saturated carbocycles. The Bertz CT molecular complexity index is 526. The van der Waals surface area contributed by atoms with E-state index in [1.165, 1.54) is 13.4 Å². The van der Waals surface area contributed by atoms with Crippen molar-refractivity contribution < 1.29 is 18.7 Å². The Labute approximate surface area is 111 Å². The Morgan fingerprint density at radius 3 is 2.89 bits per heavy atom. The van der Waals surface area contributed by atoms with Crippen LogP contribution in [0.25, 0.3) is 0 Å². The van der Waals surface area contributed by atoms with Crippen molar-refractivity contribution in [3.8, 4) is 0 Å². The molecule has 4 heteroatoms. The van der Waals surface area contributed by atoms with E-state index < -0.39 is 5.92 Å². The van der Waals surface area contributed by atoms with Gasteiger partial charge in [0.05, 0.1) is 19.3 Å². The molecule has 3 unspecified atom stereocenters. The van der Waals surface area contributed by atoms with Crippen LogP contribution in [0.2, 0.25) is 0 Å². The fourth-order valence-electron chi connectivity index (χ4n) is 3.42. The van der Waals surface area contributed by atoms with Crippen molar-refractivity contribution in [3.63, 3.8) is 0 Å². The topological polar surface area (TPSA) is 56.5 Å². The van der Waals surface area contributed by atoms with Gasteiger partial charge in [-0.1, -0.05) is 12.5 Å². The minimum absolute atomic E-state index is 0.101. The number of ether oxygens (including phenoxy) is 1. The van der Waals surface area contributed by atoms with Gasteiger partial charge in [-0.05, 0) is 36.8 Å². The third kappa shape index (κ3) is 1.91. The zero-order valence-electron chi connectivity index (χ0n) is 10.8. The summed E-state index contributed by atoms with van der Waals surface area (Å²) in [6.07, 6.45) is 6.57. The van der Waals surface area contributed by atoms with E-state index in [1.807, 2.05) is 6.08 Å². The molecule has 3 rings (SSSR count). The Hall–Kier alpha value is -1.84. The number of furan rings is 1. The Balaban J connectivity index is 1.94. The summed E-state index contributed by atoms with van der Waals surface area (Å²) in [6, 6.07) is 3.34. The standard InChI is InChI=1S/C15H16O4/c1-18-15(17)11-8-9-4-2-5-10(9)13(11)14(16)12-6-3-7-19-12/h3,6-10,13H,2,4-5H2,1H3. The second-order valence-electron chi connectivity index (χ2n) is 5.19. The molecule has 0 N–H and O–H groups in total. The molecule has 0 amide bonds. The van der Waals surface area contributed by atoms with Gasteiger partial charge in [-0.3, -0.25) is 4.79 Å². The van der Waals surface area contributed by atoms with Gasteiger partial charge in [-0.2, -0.15) is 0 Å². The minimum atomic E-state index is -0.397. The highest BCUT2D eigenvalue weighted by Gasteiger charge is 2.46. The first-order valence-corrected chi connectivity index (χ1v) is 6.60. The summed E-state index contributed by atoms with van der Waals surface area (Å²) < 4.78 is 10.00. The van der Waals surface area contributed by atoms with Crippen LogP contribution in [0.1, 0.15) is 29.8 Å². The molecule has 3 atom stereocenters. The number of allylic oxidation sites excluding steroid dienone is 1. The summed E-state index contributed by atoms with van der Waals surface area (Å²) in [5, 5.41) is 0. The second-order valence-corrected chi connectivity index (χ2v) is 5.19. The quantitative estimate of drug-likeness (QED) is 0.619. The third-order valence-corrected chi connectivity index (χ3v) is 4.25. The van der Waals surface area contributed by atoms with Crippen LogP contribution < -0.4 is 0 Å². The van der Waals surface area contributed by atoms with Crippen molar-refractivity contribution in [2.45, 2.75) is 19.3 Å². The van der Waals surface area contributed by atoms with E-state index in [9.17, 15) is 9.59 Å². The maximum Gasteiger partial charge on any atom is 0.334 e. The van der Waals surface area contributed by atoms with Crippen LogP contribution in [0, 0.1) is 17.8 Å². The molecule has 0 aromatic carbocycles. The number of carbonyl (C=O) groups is 2. The largest absolute Gasteiger partial charge is 0.466 e. The molecular weight excluding hydrogens is 244 g/mol. The summed E-state index contributed by atoms with van der Waals surface area (Å²) >= 11 is 0. The first-order valence-electron chi connectivity index (χ1n) is 6.60. The van der Waals surface area contributed by atoms with Crippen LogP contribution in [0.3, 0.4) is 0 Å². The van der Waals surface area contributed by atoms with E-state index in [0.29, 0.717) is 17.3 Å². The van der Waals surface area contributed by atoms with Crippen LogP contribution in [0.4, 0.5) is 0 Å². The molecule has 2 aliphatic carbocycles. The fraction of sp³-hybridized carbons (Fsp3) is 0.467. The average Bonchev–Trinajstić information content (AvgIpc) is 3.11. The maximum absolute atomic E-state index is 12.5. The highest BCUT2D eigenvalue weighted by Crippen LogP contribution is 2.48. The molecule has 1 aromatic rings. The smallest absolute Gasteiger partial charge is 0.334 e. The van der Waals surface area contributed by atoms with Gasteiger partial charge >= 0.3 is 5.97 Å². The number of fused-ring (bicyclic) bond motifs is 1. The summed E-state index contributed by atoms with van der Waals surface area (Å²) in [6.45, 7) is 0. The summed E-state index contributed by atoms with van der Waals surface area (Å²) in [7, 11) is 1.35. The first kappa shape index (κ1) is 12.2. The van der Waals surface area contributed by atoms with E-state index in [4.69, 9.17) is 9.15 Å². The third-order valence-electron chi connectivity index (χ3n) is 4.25. The Kier molecular flexibility index (Phi) is 3.01. The average molecular weight is 260 g/mol. The van der Waals surface area contributed by atoms with Crippen LogP contribution in [0.5, 0.6) is 0 Å². The highest BCUT2D eigenvalue weighted by molar-refractivity contribution is 6.05. The minimum Gasteiger partial charge on any atom is -0.466 e. The lowest BCUT2D eigenvalue weighted by Gasteiger charge is -2.18. The SMILES string of the molecule is COC(=O)C1=CC2CCCC2C1C(=O)c1ccco1. The van der Waals surface area contributed by atoms with E-state index in [2.05, 4.69) is 0 Å². The number of hydrogen-bond acceptors (Lipinski definition) is 4. The number of esters is 1.